The van der Waals surface area contributed by atoms with Gasteiger partial charge in [-0.3, -0.25) is 9.59 Å². The van der Waals surface area contributed by atoms with Gasteiger partial charge in [0.15, 0.2) is 5.76 Å². The van der Waals surface area contributed by atoms with Crippen molar-refractivity contribution in [3.05, 3.63) is 17.9 Å². The molecule has 0 saturated carbocycles. The summed E-state index contributed by atoms with van der Waals surface area (Å²) in [6.45, 7) is 0.679. The van der Waals surface area contributed by atoms with Crippen molar-refractivity contribution in [3.8, 4) is 0 Å². The molecule has 134 valence electrons. The summed E-state index contributed by atoms with van der Waals surface area (Å²) in [4.78, 5) is 23.5. The predicted molar refractivity (Wildman–Crippen MR) is 82.1 cm³/mol. The lowest BCUT2D eigenvalue weighted by Crippen LogP contribution is -2.53. The van der Waals surface area contributed by atoms with Crippen LogP contribution in [-0.2, 0) is 19.6 Å². The fraction of sp³-hybridized carbons (Fsp3) is 0.571. The summed E-state index contributed by atoms with van der Waals surface area (Å²) in [5, 5.41) is 11.4. The maximum Gasteiger partial charge on any atom is 0.305 e. The van der Waals surface area contributed by atoms with Crippen LogP contribution in [0.2, 0.25) is 0 Å². The first kappa shape index (κ1) is 18.4. The molecule has 1 aliphatic heterocycles. The molecule has 0 aromatic carbocycles. The first-order valence-electron chi connectivity index (χ1n) is 7.31. The molecule has 1 aromatic heterocycles. The summed E-state index contributed by atoms with van der Waals surface area (Å²) >= 11 is 0. The molecule has 0 radical (unpaired) electrons. The van der Waals surface area contributed by atoms with Crippen molar-refractivity contribution < 1.29 is 32.3 Å². The fourth-order valence-corrected chi connectivity index (χ4v) is 3.26. The van der Waals surface area contributed by atoms with Crippen molar-refractivity contribution in [2.24, 2.45) is 0 Å². The van der Waals surface area contributed by atoms with Gasteiger partial charge >= 0.3 is 5.97 Å². The minimum Gasteiger partial charge on any atom is -0.481 e. The maximum absolute atomic E-state index is 12.4. The Morgan fingerprint density at radius 1 is 1.29 bits per heavy atom. The van der Waals surface area contributed by atoms with Crippen molar-refractivity contribution in [2.75, 3.05) is 27.3 Å². The van der Waals surface area contributed by atoms with Gasteiger partial charge in [0, 0.05) is 27.3 Å². The minimum absolute atomic E-state index is 0.188. The summed E-state index contributed by atoms with van der Waals surface area (Å²) in [5.74, 6) is -1.88. The van der Waals surface area contributed by atoms with Crippen LogP contribution in [-0.4, -0.2) is 62.6 Å². The Hall–Kier alpha value is -1.91. The molecule has 24 heavy (non-hydrogen) atoms. The topological polar surface area (TPSA) is 126 Å². The molecular weight excluding hydrogens is 340 g/mol. The van der Waals surface area contributed by atoms with Crippen molar-refractivity contribution in [1.29, 1.82) is 0 Å². The molecule has 0 bridgehead atoms. The number of amides is 1. The lowest BCUT2D eigenvalue weighted by Gasteiger charge is -2.36. The van der Waals surface area contributed by atoms with Crippen LogP contribution in [0.15, 0.2) is 21.6 Å². The van der Waals surface area contributed by atoms with Crippen LogP contribution in [0.5, 0.6) is 0 Å². The van der Waals surface area contributed by atoms with Crippen LogP contribution in [0.1, 0.15) is 29.8 Å². The Balaban J connectivity index is 2.19. The molecule has 1 aromatic rings. The van der Waals surface area contributed by atoms with Crippen molar-refractivity contribution >= 4 is 21.9 Å². The molecule has 10 heteroatoms. The number of ether oxygens (including phenoxy) is 1. The van der Waals surface area contributed by atoms with Gasteiger partial charge in [0.25, 0.3) is 15.9 Å². The Kier molecular flexibility index (Phi) is 5.31. The van der Waals surface area contributed by atoms with E-state index in [-0.39, 0.29) is 17.3 Å². The lowest BCUT2D eigenvalue weighted by atomic mass is 9.86. The molecule has 2 N–H and O–H groups in total. The van der Waals surface area contributed by atoms with Gasteiger partial charge in [-0.1, -0.05) is 0 Å². The number of carbonyl (C=O) groups excluding carboxylic acids is 1. The smallest absolute Gasteiger partial charge is 0.305 e. The average Bonchev–Trinajstić information content (AvgIpc) is 2.97. The largest absolute Gasteiger partial charge is 0.481 e. The van der Waals surface area contributed by atoms with Crippen LogP contribution in [0.25, 0.3) is 0 Å². The van der Waals surface area contributed by atoms with Gasteiger partial charge in [-0.05, 0) is 25.0 Å². The van der Waals surface area contributed by atoms with E-state index in [0.29, 0.717) is 26.1 Å². The summed E-state index contributed by atoms with van der Waals surface area (Å²) in [6, 6.07) is 2.44. The number of rotatable bonds is 6. The van der Waals surface area contributed by atoms with E-state index in [1.807, 2.05) is 0 Å². The lowest BCUT2D eigenvalue weighted by molar-refractivity contribution is -0.139. The van der Waals surface area contributed by atoms with Gasteiger partial charge < -0.3 is 19.6 Å². The van der Waals surface area contributed by atoms with E-state index < -0.39 is 27.4 Å². The Morgan fingerprint density at radius 3 is 2.46 bits per heavy atom. The summed E-state index contributed by atoms with van der Waals surface area (Å²) in [7, 11) is -1.09. The zero-order valence-electron chi connectivity index (χ0n) is 13.4. The van der Waals surface area contributed by atoms with E-state index in [2.05, 4.69) is 5.32 Å². The molecule has 0 spiro atoms. The Labute approximate surface area is 139 Å². The number of carboxylic acid groups (broad SMARTS) is 1. The van der Waals surface area contributed by atoms with Gasteiger partial charge in [0.05, 0.1) is 12.0 Å². The highest BCUT2D eigenvalue weighted by molar-refractivity contribution is 7.88. The number of hydrogen-bond acceptors (Lipinski definition) is 6. The highest BCUT2D eigenvalue weighted by Gasteiger charge is 2.37. The standard InChI is InChI=1S/C14H20N2O7S/c1-16(2)24(20,21)12-4-3-10(23-12)13(19)15-14(9-11(17)18)5-7-22-8-6-14/h3-4H,5-9H2,1-2H3,(H,15,19)(H,17,18). The van der Waals surface area contributed by atoms with Crippen LogP contribution < -0.4 is 5.32 Å². The quantitative estimate of drug-likeness (QED) is 0.746. The SMILES string of the molecule is CN(C)S(=O)(=O)c1ccc(C(=O)NC2(CC(=O)O)CCOCC2)o1. The van der Waals surface area contributed by atoms with Crippen LogP contribution >= 0.6 is 0 Å². The second kappa shape index (κ2) is 6.91. The number of carbonyl (C=O) groups is 2. The molecular formula is C14H20N2O7S. The molecule has 0 atom stereocenters. The van der Waals surface area contributed by atoms with Crippen molar-refractivity contribution in [2.45, 2.75) is 29.9 Å². The van der Waals surface area contributed by atoms with Crippen LogP contribution in [0, 0.1) is 0 Å². The van der Waals surface area contributed by atoms with E-state index in [9.17, 15) is 18.0 Å². The number of hydrogen-bond donors (Lipinski definition) is 2. The Bertz CT molecular complexity index is 717. The molecule has 2 heterocycles. The third-order valence-electron chi connectivity index (χ3n) is 3.86. The van der Waals surface area contributed by atoms with Crippen molar-refractivity contribution in [3.63, 3.8) is 0 Å². The number of nitrogens with zero attached hydrogens (tertiary/aromatic N) is 1. The first-order chi connectivity index (χ1) is 11.2. The van der Waals surface area contributed by atoms with E-state index in [4.69, 9.17) is 14.3 Å². The molecule has 0 aliphatic carbocycles. The van der Waals surface area contributed by atoms with Crippen LogP contribution in [0.4, 0.5) is 0 Å². The second-order valence-electron chi connectivity index (χ2n) is 5.82. The minimum atomic E-state index is -3.78. The molecule has 1 saturated heterocycles. The Morgan fingerprint density at radius 2 is 1.92 bits per heavy atom. The summed E-state index contributed by atoms with van der Waals surface area (Å²) in [5.41, 5.74) is -0.936. The zero-order valence-corrected chi connectivity index (χ0v) is 14.3. The van der Waals surface area contributed by atoms with Crippen LogP contribution in [0.3, 0.4) is 0 Å². The highest BCUT2D eigenvalue weighted by Crippen LogP contribution is 2.26. The maximum atomic E-state index is 12.4. The molecule has 1 amide bonds. The third-order valence-corrected chi connectivity index (χ3v) is 5.55. The van der Waals surface area contributed by atoms with E-state index in [1.165, 1.54) is 26.2 Å². The highest BCUT2D eigenvalue weighted by atomic mass is 32.2. The molecule has 1 fully saturated rings. The average molecular weight is 360 g/mol. The number of furan rings is 1. The third kappa shape index (κ3) is 3.94. The number of carboxylic acids is 1. The molecule has 2 rings (SSSR count). The van der Waals surface area contributed by atoms with Crippen molar-refractivity contribution in [1.82, 2.24) is 9.62 Å². The monoisotopic (exact) mass is 360 g/mol. The number of nitrogens with one attached hydrogen (secondary N) is 1. The second-order valence-corrected chi connectivity index (χ2v) is 7.91. The molecule has 9 nitrogen and oxygen atoms in total. The van der Waals surface area contributed by atoms with E-state index in [0.717, 1.165) is 4.31 Å². The van der Waals surface area contributed by atoms with Gasteiger partial charge in [-0.15, -0.1) is 0 Å². The predicted octanol–water partition coefficient (Wildman–Crippen LogP) is 0.284. The van der Waals surface area contributed by atoms with Gasteiger partial charge in [0.2, 0.25) is 5.09 Å². The van der Waals surface area contributed by atoms with E-state index in [1.54, 1.807) is 0 Å². The number of aliphatic carboxylic acids is 1. The first-order valence-corrected chi connectivity index (χ1v) is 8.75. The fourth-order valence-electron chi connectivity index (χ4n) is 2.46. The van der Waals surface area contributed by atoms with Gasteiger partial charge in [-0.2, -0.15) is 0 Å². The zero-order chi connectivity index (χ0) is 18.0. The summed E-state index contributed by atoms with van der Waals surface area (Å²) in [6.07, 6.45) is 0.467. The van der Waals surface area contributed by atoms with E-state index >= 15 is 0 Å². The summed E-state index contributed by atoms with van der Waals surface area (Å²) < 4.78 is 35.3. The van der Waals surface area contributed by atoms with Gasteiger partial charge in [-0.25, -0.2) is 12.7 Å². The normalized spacial score (nSPS) is 17.6. The molecule has 0 unspecified atom stereocenters. The number of sulfonamides is 1. The van der Waals surface area contributed by atoms with Gasteiger partial charge in [0.1, 0.15) is 0 Å². The molecule has 1 aliphatic rings.